The molecule has 2 rings (SSSR count). The highest BCUT2D eigenvalue weighted by atomic mass is 32.1. The average Bonchev–Trinajstić information content (AvgIpc) is 2.85. The Hall–Kier alpha value is -2.22. The molecular formula is C12H13N3O4S. The number of fused-ring (bicyclic) bond motifs is 1. The Morgan fingerprint density at radius 2 is 2.30 bits per heavy atom. The molecule has 0 fully saturated rings. The van der Waals surface area contributed by atoms with Crippen LogP contribution in [0.4, 0.5) is 0 Å². The van der Waals surface area contributed by atoms with Gasteiger partial charge in [0.1, 0.15) is 5.56 Å². The molecule has 7 nitrogen and oxygen atoms in total. The lowest BCUT2D eigenvalue weighted by Gasteiger charge is -2.09. The predicted octanol–water partition coefficient (Wildman–Crippen LogP) is 0.597. The first-order valence-electron chi connectivity index (χ1n) is 5.94. The van der Waals surface area contributed by atoms with Gasteiger partial charge in [0.25, 0.3) is 11.5 Å². The van der Waals surface area contributed by atoms with Gasteiger partial charge in [-0.05, 0) is 5.92 Å². The third-order valence-corrected chi connectivity index (χ3v) is 3.49. The number of nitrogens with one attached hydrogen (secondary N) is 1. The normalized spacial score (nSPS) is 12.2. The number of nitrogens with zero attached hydrogens (tertiary/aromatic N) is 2. The van der Waals surface area contributed by atoms with Crippen LogP contribution in [-0.4, -0.2) is 32.9 Å². The van der Waals surface area contributed by atoms with E-state index >= 15 is 0 Å². The number of hydrogen-bond donors (Lipinski definition) is 2. The fourth-order valence-electron chi connectivity index (χ4n) is 1.71. The SMILES string of the molecule is CC(CNC(=O)c1cnc2sccn2c1=O)CC(=O)O. The van der Waals surface area contributed by atoms with Crippen LogP contribution in [0, 0.1) is 5.92 Å². The van der Waals surface area contributed by atoms with Gasteiger partial charge >= 0.3 is 5.97 Å². The highest BCUT2D eigenvalue weighted by Gasteiger charge is 2.15. The van der Waals surface area contributed by atoms with Crippen molar-refractivity contribution in [3.63, 3.8) is 0 Å². The van der Waals surface area contributed by atoms with E-state index in [-0.39, 0.29) is 24.4 Å². The van der Waals surface area contributed by atoms with Crippen LogP contribution in [0.1, 0.15) is 23.7 Å². The lowest BCUT2D eigenvalue weighted by atomic mass is 10.1. The monoisotopic (exact) mass is 295 g/mol. The van der Waals surface area contributed by atoms with E-state index in [4.69, 9.17) is 5.11 Å². The van der Waals surface area contributed by atoms with E-state index in [1.165, 1.54) is 21.9 Å². The zero-order chi connectivity index (χ0) is 14.7. The standard InChI is InChI=1S/C12H13N3O4S/c1-7(4-9(16)17)5-13-10(18)8-6-14-12-15(11(8)19)2-3-20-12/h2-3,6-7H,4-5H2,1H3,(H,13,18)(H,16,17). The maximum atomic E-state index is 12.0. The minimum absolute atomic E-state index is 0.0406. The summed E-state index contributed by atoms with van der Waals surface area (Å²) in [6.45, 7) is 1.90. The predicted molar refractivity (Wildman–Crippen MR) is 73.1 cm³/mol. The molecule has 0 saturated carbocycles. The van der Waals surface area contributed by atoms with Gasteiger partial charge in [-0.1, -0.05) is 6.92 Å². The summed E-state index contributed by atoms with van der Waals surface area (Å²) in [6, 6.07) is 0. The highest BCUT2D eigenvalue weighted by Crippen LogP contribution is 2.06. The molecule has 8 heteroatoms. The van der Waals surface area contributed by atoms with Gasteiger partial charge in [-0.3, -0.25) is 18.8 Å². The molecule has 0 aromatic carbocycles. The van der Waals surface area contributed by atoms with Crippen LogP contribution in [-0.2, 0) is 4.79 Å². The highest BCUT2D eigenvalue weighted by molar-refractivity contribution is 7.15. The van der Waals surface area contributed by atoms with Gasteiger partial charge < -0.3 is 10.4 Å². The minimum atomic E-state index is -0.923. The molecule has 2 aromatic rings. The Labute approximate surface area is 117 Å². The summed E-state index contributed by atoms with van der Waals surface area (Å²) in [5.74, 6) is -1.68. The van der Waals surface area contributed by atoms with E-state index in [1.807, 2.05) is 0 Å². The van der Waals surface area contributed by atoms with E-state index in [2.05, 4.69) is 10.3 Å². The van der Waals surface area contributed by atoms with Crippen LogP contribution in [0.25, 0.3) is 4.96 Å². The van der Waals surface area contributed by atoms with Crippen molar-refractivity contribution < 1.29 is 14.7 Å². The van der Waals surface area contributed by atoms with E-state index < -0.39 is 17.4 Å². The summed E-state index contributed by atoms with van der Waals surface area (Å²) >= 11 is 1.30. The number of carbonyl (C=O) groups excluding carboxylic acids is 1. The van der Waals surface area contributed by atoms with Crippen molar-refractivity contribution >= 4 is 28.2 Å². The van der Waals surface area contributed by atoms with Crippen LogP contribution in [0.15, 0.2) is 22.6 Å². The largest absolute Gasteiger partial charge is 0.481 e. The van der Waals surface area contributed by atoms with Crippen molar-refractivity contribution in [2.45, 2.75) is 13.3 Å². The van der Waals surface area contributed by atoms with Crippen LogP contribution >= 0.6 is 11.3 Å². The third-order valence-electron chi connectivity index (χ3n) is 2.72. The molecular weight excluding hydrogens is 282 g/mol. The third kappa shape index (κ3) is 3.02. The van der Waals surface area contributed by atoms with Gasteiger partial charge in [-0.15, -0.1) is 11.3 Å². The lowest BCUT2D eigenvalue weighted by molar-refractivity contribution is -0.137. The molecule has 0 aliphatic heterocycles. The second kappa shape index (κ2) is 5.83. The molecule has 0 aliphatic carbocycles. The molecule has 0 radical (unpaired) electrons. The molecule has 1 atom stereocenters. The molecule has 0 aliphatic rings. The average molecular weight is 295 g/mol. The van der Waals surface area contributed by atoms with Crippen molar-refractivity contribution in [1.29, 1.82) is 0 Å². The number of thiazole rings is 1. The fraction of sp³-hybridized carbons (Fsp3) is 0.333. The quantitative estimate of drug-likeness (QED) is 0.841. The lowest BCUT2D eigenvalue weighted by Crippen LogP contribution is -2.34. The number of aliphatic carboxylic acids is 1. The number of carbonyl (C=O) groups is 2. The zero-order valence-corrected chi connectivity index (χ0v) is 11.5. The van der Waals surface area contributed by atoms with Crippen molar-refractivity contribution in [3.05, 3.63) is 33.7 Å². The van der Waals surface area contributed by atoms with Gasteiger partial charge in [0.05, 0.1) is 0 Å². The Balaban J connectivity index is 2.10. The summed E-state index contributed by atoms with van der Waals surface area (Å²) in [7, 11) is 0. The number of carboxylic acid groups (broad SMARTS) is 1. The van der Waals surface area contributed by atoms with Crippen molar-refractivity contribution in [2.75, 3.05) is 6.54 Å². The van der Waals surface area contributed by atoms with Crippen LogP contribution in [0.3, 0.4) is 0 Å². The summed E-state index contributed by atoms with van der Waals surface area (Å²) in [4.78, 5) is 39.0. The Morgan fingerprint density at radius 1 is 1.55 bits per heavy atom. The van der Waals surface area contributed by atoms with E-state index in [1.54, 1.807) is 18.5 Å². The second-order valence-corrected chi connectivity index (χ2v) is 5.32. The Bertz CT molecular complexity index is 706. The molecule has 20 heavy (non-hydrogen) atoms. The van der Waals surface area contributed by atoms with Gasteiger partial charge in [0, 0.05) is 30.7 Å². The van der Waals surface area contributed by atoms with Crippen LogP contribution in [0.2, 0.25) is 0 Å². The molecule has 1 amide bonds. The van der Waals surface area contributed by atoms with E-state index in [0.717, 1.165) is 0 Å². The van der Waals surface area contributed by atoms with Crippen LogP contribution < -0.4 is 10.9 Å². The van der Waals surface area contributed by atoms with Crippen molar-refractivity contribution in [3.8, 4) is 0 Å². The summed E-state index contributed by atoms with van der Waals surface area (Å²) < 4.78 is 1.31. The molecule has 2 aromatic heterocycles. The zero-order valence-electron chi connectivity index (χ0n) is 10.7. The van der Waals surface area contributed by atoms with Gasteiger partial charge in [-0.2, -0.15) is 0 Å². The Kier molecular flexibility index (Phi) is 4.14. The molecule has 0 spiro atoms. The molecule has 0 bridgehead atoms. The maximum Gasteiger partial charge on any atom is 0.303 e. The smallest absolute Gasteiger partial charge is 0.303 e. The molecule has 0 saturated heterocycles. The topological polar surface area (TPSA) is 101 Å². The minimum Gasteiger partial charge on any atom is -0.481 e. The van der Waals surface area contributed by atoms with E-state index in [0.29, 0.717) is 4.96 Å². The number of amides is 1. The number of hydrogen-bond acceptors (Lipinski definition) is 5. The summed E-state index contributed by atoms with van der Waals surface area (Å²) in [6.07, 6.45) is 2.76. The molecule has 1 unspecified atom stereocenters. The number of carboxylic acids is 1. The van der Waals surface area contributed by atoms with Gasteiger partial charge in [0.15, 0.2) is 4.96 Å². The first-order valence-corrected chi connectivity index (χ1v) is 6.82. The van der Waals surface area contributed by atoms with Gasteiger partial charge in [0.2, 0.25) is 0 Å². The first-order chi connectivity index (χ1) is 9.49. The number of aromatic nitrogens is 2. The fourth-order valence-corrected chi connectivity index (χ4v) is 2.39. The molecule has 106 valence electrons. The van der Waals surface area contributed by atoms with E-state index in [9.17, 15) is 14.4 Å². The number of rotatable bonds is 5. The van der Waals surface area contributed by atoms with Crippen LogP contribution in [0.5, 0.6) is 0 Å². The molecule has 2 heterocycles. The van der Waals surface area contributed by atoms with Gasteiger partial charge in [-0.25, -0.2) is 4.98 Å². The summed E-state index contributed by atoms with van der Waals surface area (Å²) in [5, 5.41) is 12.9. The Morgan fingerprint density at radius 3 is 3.00 bits per heavy atom. The summed E-state index contributed by atoms with van der Waals surface area (Å²) in [5.41, 5.74) is -0.483. The maximum absolute atomic E-state index is 12.0. The second-order valence-electron chi connectivity index (χ2n) is 4.45. The van der Waals surface area contributed by atoms with Crippen molar-refractivity contribution in [2.24, 2.45) is 5.92 Å². The van der Waals surface area contributed by atoms with Crippen molar-refractivity contribution in [1.82, 2.24) is 14.7 Å². The molecule has 2 N–H and O–H groups in total. The first kappa shape index (κ1) is 14.2.